The Labute approximate surface area is 278 Å². The minimum atomic E-state index is -3.83. The third kappa shape index (κ3) is 8.97. The van der Waals surface area contributed by atoms with Crippen LogP contribution in [0.4, 0.5) is 0 Å². The summed E-state index contributed by atoms with van der Waals surface area (Å²) in [5, 5.41) is 2.12. The van der Waals surface area contributed by atoms with E-state index >= 15 is 0 Å². The maximum absolute atomic E-state index is 14.3. The molecule has 6 nitrogen and oxygen atoms in total. The van der Waals surface area contributed by atoms with Crippen LogP contribution in [0.15, 0.2) is 89.8 Å². The van der Waals surface area contributed by atoms with Crippen molar-refractivity contribution in [2.24, 2.45) is 0 Å². The second kappa shape index (κ2) is 16.9. The Hall–Kier alpha value is -2.77. The van der Waals surface area contributed by atoms with Crippen molar-refractivity contribution in [1.82, 2.24) is 4.31 Å². The van der Waals surface area contributed by atoms with Crippen molar-refractivity contribution < 1.29 is 22.3 Å². The van der Waals surface area contributed by atoms with Gasteiger partial charge in [0.05, 0.1) is 4.90 Å². The van der Waals surface area contributed by atoms with Crippen LogP contribution in [-0.2, 0) is 23.9 Å². The summed E-state index contributed by atoms with van der Waals surface area (Å²) in [6.07, 6.45) is 4.76. The van der Waals surface area contributed by atoms with Crippen LogP contribution in [0.25, 0.3) is 0 Å². The highest BCUT2D eigenvalue weighted by Gasteiger charge is 2.50. The summed E-state index contributed by atoms with van der Waals surface area (Å²) in [6.45, 7) is 12.2. The van der Waals surface area contributed by atoms with Crippen molar-refractivity contribution >= 4 is 28.7 Å². The zero-order chi connectivity index (χ0) is 33.0. The van der Waals surface area contributed by atoms with E-state index < -0.39 is 18.3 Å². The number of sulfonamides is 1. The van der Waals surface area contributed by atoms with E-state index in [1.807, 2.05) is 31.2 Å². The largest absolute Gasteiger partial charge is 0.406 e. The average molecular weight is 662 g/mol. The summed E-state index contributed by atoms with van der Waals surface area (Å²) in [4.78, 5) is 0.287. The van der Waals surface area contributed by atoms with Crippen LogP contribution in [-0.4, -0.2) is 59.7 Å². The van der Waals surface area contributed by atoms with Crippen LogP contribution in [0.5, 0.6) is 0 Å². The summed E-state index contributed by atoms with van der Waals surface area (Å²) in [6, 6.07) is 27.7. The van der Waals surface area contributed by atoms with E-state index in [4.69, 9.17) is 13.9 Å². The van der Waals surface area contributed by atoms with Gasteiger partial charge in [-0.25, -0.2) is 8.42 Å². The van der Waals surface area contributed by atoms with Gasteiger partial charge in [-0.05, 0) is 60.2 Å². The molecule has 3 aromatic carbocycles. The molecule has 0 amide bonds. The normalized spacial score (nSPS) is 16.5. The van der Waals surface area contributed by atoms with Crippen LogP contribution < -0.4 is 10.4 Å². The lowest BCUT2D eigenvalue weighted by Crippen LogP contribution is -2.67. The van der Waals surface area contributed by atoms with Gasteiger partial charge in [-0.15, -0.1) is 0 Å². The molecule has 8 heteroatoms. The van der Waals surface area contributed by atoms with Crippen molar-refractivity contribution in [2.75, 3.05) is 26.4 Å². The molecule has 248 valence electrons. The van der Waals surface area contributed by atoms with Crippen molar-refractivity contribution in [3.05, 3.63) is 90.5 Å². The predicted octanol–water partition coefficient (Wildman–Crippen LogP) is 6.67. The first kappa shape index (κ1) is 36.1. The lowest BCUT2D eigenvalue weighted by molar-refractivity contribution is -0.154. The monoisotopic (exact) mass is 661 g/mol. The van der Waals surface area contributed by atoms with Gasteiger partial charge < -0.3 is 13.9 Å². The molecular formula is C38H51NO5SSi. The molecule has 0 bridgehead atoms. The number of nitrogens with zero attached hydrogens (tertiary/aromatic N) is 1. The number of hydrogen-bond donors (Lipinski definition) is 0. The van der Waals surface area contributed by atoms with Gasteiger partial charge in [0, 0.05) is 32.2 Å². The van der Waals surface area contributed by atoms with Gasteiger partial charge in [-0.1, -0.05) is 124 Å². The highest BCUT2D eigenvalue weighted by molar-refractivity contribution is 7.89. The molecule has 1 aliphatic heterocycles. The average Bonchev–Trinajstić information content (AvgIpc) is 3.05. The number of aryl methyl sites for hydroxylation is 1. The zero-order valence-electron chi connectivity index (χ0n) is 28.2. The molecule has 1 saturated heterocycles. The molecule has 0 radical (unpaired) electrons. The lowest BCUT2D eigenvalue weighted by atomic mass is 10.1. The zero-order valence-corrected chi connectivity index (χ0v) is 30.0. The van der Waals surface area contributed by atoms with Crippen LogP contribution in [0.2, 0.25) is 5.04 Å². The Bertz CT molecular complexity index is 1470. The second-order valence-electron chi connectivity index (χ2n) is 13.0. The third-order valence-corrected chi connectivity index (χ3v) is 15.7. The third-order valence-electron chi connectivity index (χ3n) is 8.65. The second-order valence-corrected chi connectivity index (χ2v) is 19.2. The fraction of sp³-hybridized carbons (Fsp3) is 0.474. The first-order chi connectivity index (χ1) is 22.1. The van der Waals surface area contributed by atoms with Crippen LogP contribution in [0.3, 0.4) is 0 Å². The van der Waals surface area contributed by atoms with Gasteiger partial charge in [-0.2, -0.15) is 4.31 Å². The SMILES string of the molecule is CCC[C@@H](CC#CCOC1CCCCO1)N(CCO[Si](c1ccccc1)(c1ccccc1)C(C)(C)C)S(=O)(=O)c1ccc(C)cc1. The molecule has 3 aromatic rings. The Morgan fingerprint density at radius 3 is 2.11 bits per heavy atom. The summed E-state index contributed by atoms with van der Waals surface area (Å²) in [7, 11) is -6.68. The molecule has 1 unspecified atom stereocenters. The Morgan fingerprint density at radius 1 is 0.935 bits per heavy atom. The Morgan fingerprint density at radius 2 is 1.57 bits per heavy atom. The standard InChI is InChI=1S/C38H51NO5SSi/c1-6-17-33(18-13-15-29-42-37-23-14-16-30-43-37)39(45(40,41)34-26-24-32(2)25-27-34)28-31-44-46(38(3,4)5,35-19-9-7-10-20-35)36-21-11-8-12-22-36/h7-12,19-22,24-27,33,37H,6,14,16-18,23,28-31H2,1-5H3/t33-,37?/m0/s1. The molecule has 2 atom stereocenters. The first-order valence-corrected chi connectivity index (χ1v) is 20.0. The van der Waals surface area contributed by atoms with Gasteiger partial charge in [-0.3, -0.25) is 0 Å². The van der Waals surface area contributed by atoms with Crippen molar-refractivity contribution in [3.8, 4) is 11.8 Å². The molecule has 4 rings (SSSR count). The Balaban J connectivity index is 1.64. The number of ether oxygens (including phenoxy) is 2. The summed E-state index contributed by atoms with van der Waals surface area (Å²) < 4.78 is 48.9. The lowest BCUT2D eigenvalue weighted by Gasteiger charge is -2.43. The predicted molar refractivity (Wildman–Crippen MR) is 189 cm³/mol. The van der Waals surface area contributed by atoms with Crippen LogP contribution >= 0.6 is 0 Å². The smallest absolute Gasteiger partial charge is 0.261 e. The van der Waals surface area contributed by atoms with E-state index in [-0.39, 0.29) is 42.0 Å². The number of hydrogen-bond acceptors (Lipinski definition) is 5. The van der Waals surface area contributed by atoms with Crippen LogP contribution in [0.1, 0.15) is 71.8 Å². The van der Waals surface area contributed by atoms with Crippen molar-refractivity contribution in [1.29, 1.82) is 0 Å². The molecule has 0 aliphatic carbocycles. The maximum atomic E-state index is 14.3. The van der Waals surface area contributed by atoms with E-state index in [2.05, 4.69) is 88.1 Å². The van der Waals surface area contributed by atoms with E-state index in [9.17, 15) is 8.42 Å². The Kier molecular flexibility index (Phi) is 13.2. The van der Waals surface area contributed by atoms with Gasteiger partial charge in [0.2, 0.25) is 10.0 Å². The molecule has 0 aromatic heterocycles. The summed E-state index contributed by atoms with van der Waals surface area (Å²) in [5.74, 6) is 6.36. The maximum Gasteiger partial charge on any atom is 0.261 e. The molecule has 1 fully saturated rings. The summed E-state index contributed by atoms with van der Waals surface area (Å²) >= 11 is 0. The highest BCUT2D eigenvalue weighted by Crippen LogP contribution is 2.37. The molecule has 1 aliphatic rings. The van der Waals surface area contributed by atoms with E-state index in [1.54, 1.807) is 16.4 Å². The topological polar surface area (TPSA) is 65.1 Å². The van der Waals surface area contributed by atoms with Gasteiger partial charge in [0.15, 0.2) is 6.29 Å². The van der Waals surface area contributed by atoms with Crippen molar-refractivity contribution in [3.63, 3.8) is 0 Å². The van der Waals surface area contributed by atoms with Crippen LogP contribution in [0, 0.1) is 18.8 Å². The number of rotatable bonds is 14. The quantitative estimate of drug-likeness (QED) is 0.143. The molecule has 46 heavy (non-hydrogen) atoms. The molecule has 0 spiro atoms. The first-order valence-electron chi connectivity index (χ1n) is 16.6. The van der Waals surface area contributed by atoms with E-state index in [0.29, 0.717) is 12.8 Å². The minimum Gasteiger partial charge on any atom is -0.406 e. The van der Waals surface area contributed by atoms with Crippen molar-refractivity contribution in [2.45, 2.75) is 95.4 Å². The fourth-order valence-electron chi connectivity index (χ4n) is 6.29. The molecular weight excluding hydrogens is 611 g/mol. The van der Waals surface area contributed by atoms with Gasteiger partial charge in [0.25, 0.3) is 8.32 Å². The van der Waals surface area contributed by atoms with E-state index in [1.165, 1.54) is 10.4 Å². The molecule has 0 N–H and O–H groups in total. The van der Waals surface area contributed by atoms with E-state index in [0.717, 1.165) is 37.9 Å². The number of benzene rings is 3. The molecule has 0 saturated carbocycles. The molecule has 1 heterocycles. The van der Waals surface area contributed by atoms with Gasteiger partial charge in [0.1, 0.15) is 6.61 Å². The minimum absolute atomic E-state index is 0.202. The highest BCUT2D eigenvalue weighted by atomic mass is 32.2. The summed E-state index contributed by atoms with van der Waals surface area (Å²) in [5.41, 5.74) is 1.01. The van der Waals surface area contributed by atoms with Gasteiger partial charge >= 0.3 is 0 Å². The fourth-order valence-corrected chi connectivity index (χ4v) is 12.5.